The second-order valence-electron chi connectivity index (χ2n) is 5.94. The van der Waals surface area contributed by atoms with Crippen molar-refractivity contribution in [2.24, 2.45) is 0 Å². The molecule has 0 radical (unpaired) electrons. The lowest BCUT2D eigenvalue weighted by molar-refractivity contribution is -0.116. The largest absolute Gasteiger partial charge is 0.493 e. The Balaban J connectivity index is 1.90. The van der Waals surface area contributed by atoms with Crippen molar-refractivity contribution in [3.8, 4) is 17.2 Å². The second-order valence-corrected chi connectivity index (χ2v) is 5.94. The summed E-state index contributed by atoms with van der Waals surface area (Å²) in [5.41, 5.74) is 2.87. The molecule has 0 bridgehead atoms. The minimum Gasteiger partial charge on any atom is -0.493 e. The molecule has 0 atom stereocenters. The van der Waals surface area contributed by atoms with Gasteiger partial charge in [0, 0.05) is 11.8 Å². The topological polar surface area (TPSA) is 56.8 Å². The van der Waals surface area contributed by atoms with Crippen LogP contribution < -0.4 is 19.5 Å². The second kappa shape index (κ2) is 9.70. The van der Waals surface area contributed by atoms with Gasteiger partial charge in [0.2, 0.25) is 5.91 Å². The van der Waals surface area contributed by atoms with Crippen LogP contribution in [0.1, 0.15) is 31.4 Å². The summed E-state index contributed by atoms with van der Waals surface area (Å²) in [4.78, 5) is 12.2. The van der Waals surface area contributed by atoms with Gasteiger partial charge in [0.05, 0.1) is 26.2 Å². The molecule has 26 heavy (non-hydrogen) atoms. The first-order valence-electron chi connectivity index (χ1n) is 8.93. The van der Waals surface area contributed by atoms with E-state index in [-0.39, 0.29) is 12.3 Å². The summed E-state index contributed by atoms with van der Waals surface area (Å²) in [5.74, 6) is 2.00. The summed E-state index contributed by atoms with van der Waals surface area (Å²) in [6, 6.07) is 11.4. The van der Waals surface area contributed by atoms with Gasteiger partial charge in [-0.3, -0.25) is 4.79 Å². The van der Waals surface area contributed by atoms with Crippen molar-refractivity contribution >= 4 is 11.6 Å². The number of carbonyl (C=O) groups is 1. The maximum absolute atomic E-state index is 12.2. The molecule has 0 saturated carbocycles. The monoisotopic (exact) mass is 357 g/mol. The van der Waals surface area contributed by atoms with Crippen molar-refractivity contribution in [3.05, 3.63) is 47.5 Å². The molecule has 0 aliphatic heterocycles. The van der Waals surface area contributed by atoms with E-state index in [4.69, 9.17) is 14.2 Å². The summed E-state index contributed by atoms with van der Waals surface area (Å²) in [7, 11) is 0. The average molecular weight is 357 g/mol. The van der Waals surface area contributed by atoms with Gasteiger partial charge >= 0.3 is 0 Å². The first-order chi connectivity index (χ1) is 12.5. The van der Waals surface area contributed by atoms with Crippen molar-refractivity contribution in [1.29, 1.82) is 0 Å². The summed E-state index contributed by atoms with van der Waals surface area (Å²) in [5, 5.41) is 2.87. The van der Waals surface area contributed by atoms with Crippen LogP contribution in [0.5, 0.6) is 17.2 Å². The average Bonchev–Trinajstić information content (AvgIpc) is 2.60. The smallest absolute Gasteiger partial charge is 0.227 e. The van der Waals surface area contributed by atoms with Gasteiger partial charge in [-0.05, 0) is 57.0 Å². The molecule has 0 spiro atoms. The minimum absolute atomic E-state index is 0.109. The highest BCUT2D eigenvalue weighted by atomic mass is 16.5. The van der Waals surface area contributed by atoms with Crippen molar-refractivity contribution < 1.29 is 19.0 Å². The van der Waals surface area contributed by atoms with Crippen molar-refractivity contribution in [2.45, 2.75) is 34.1 Å². The van der Waals surface area contributed by atoms with Gasteiger partial charge in [0.25, 0.3) is 0 Å². The summed E-state index contributed by atoms with van der Waals surface area (Å²) in [6.07, 6.45) is 0.268. The zero-order chi connectivity index (χ0) is 18.9. The van der Waals surface area contributed by atoms with Crippen molar-refractivity contribution in [1.82, 2.24) is 0 Å². The number of anilines is 1. The molecule has 140 valence electrons. The van der Waals surface area contributed by atoms with E-state index in [1.807, 2.05) is 45.9 Å². The third-order valence-electron chi connectivity index (χ3n) is 3.76. The summed E-state index contributed by atoms with van der Waals surface area (Å²) < 4.78 is 16.8. The molecule has 0 fully saturated rings. The molecule has 2 aromatic rings. The fourth-order valence-corrected chi connectivity index (χ4v) is 2.47. The SMILES string of the molecule is CCOc1ccc(NC(=O)CCOc2cc(C)ccc2C)cc1OCC. The van der Waals surface area contributed by atoms with Crippen LogP contribution in [0.4, 0.5) is 5.69 Å². The highest BCUT2D eigenvalue weighted by Crippen LogP contribution is 2.30. The first-order valence-corrected chi connectivity index (χ1v) is 8.93. The number of hydrogen-bond donors (Lipinski definition) is 1. The lowest BCUT2D eigenvalue weighted by Gasteiger charge is -2.13. The molecular formula is C21H27NO4. The number of carbonyl (C=O) groups excluding carboxylic acids is 1. The molecule has 5 nitrogen and oxygen atoms in total. The number of rotatable bonds is 9. The van der Waals surface area contributed by atoms with Gasteiger partial charge in [0.1, 0.15) is 5.75 Å². The van der Waals surface area contributed by atoms with E-state index in [9.17, 15) is 4.79 Å². The summed E-state index contributed by atoms with van der Waals surface area (Å²) >= 11 is 0. The molecule has 1 N–H and O–H groups in total. The normalized spacial score (nSPS) is 10.3. The number of ether oxygens (including phenoxy) is 3. The Hall–Kier alpha value is -2.69. The molecule has 0 unspecified atom stereocenters. The number of benzene rings is 2. The number of hydrogen-bond acceptors (Lipinski definition) is 4. The Kier molecular flexibility index (Phi) is 7.33. The first kappa shape index (κ1) is 19.6. The van der Waals surface area contributed by atoms with Gasteiger partial charge in [0.15, 0.2) is 11.5 Å². The van der Waals surface area contributed by atoms with Gasteiger partial charge in [-0.25, -0.2) is 0 Å². The molecule has 0 aromatic heterocycles. The fraction of sp³-hybridized carbons (Fsp3) is 0.381. The molecular weight excluding hydrogens is 330 g/mol. The van der Waals surface area contributed by atoms with Crippen LogP contribution in [-0.2, 0) is 4.79 Å². The maximum Gasteiger partial charge on any atom is 0.227 e. The molecule has 1 amide bonds. The van der Waals surface area contributed by atoms with Gasteiger partial charge < -0.3 is 19.5 Å². The fourth-order valence-electron chi connectivity index (χ4n) is 2.47. The van der Waals surface area contributed by atoms with Gasteiger partial charge in [-0.1, -0.05) is 12.1 Å². The van der Waals surface area contributed by atoms with E-state index < -0.39 is 0 Å². The molecule has 2 rings (SSSR count). The quantitative estimate of drug-likeness (QED) is 0.717. The Morgan fingerprint density at radius 1 is 0.885 bits per heavy atom. The van der Waals surface area contributed by atoms with Crippen LogP contribution in [0.2, 0.25) is 0 Å². The highest BCUT2D eigenvalue weighted by molar-refractivity contribution is 5.91. The third kappa shape index (κ3) is 5.69. The molecule has 0 heterocycles. The van der Waals surface area contributed by atoms with Crippen LogP contribution in [0.25, 0.3) is 0 Å². The zero-order valence-corrected chi connectivity index (χ0v) is 15.9. The lowest BCUT2D eigenvalue weighted by Crippen LogP contribution is -2.15. The Labute approximate surface area is 155 Å². The molecule has 0 aliphatic carbocycles. The van der Waals surface area contributed by atoms with Gasteiger partial charge in [-0.2, -0.15) is 0 Å². The minimum atomic E-state index is -0.109. The van der Waals surface area contributed by atoms with Crippen LogP contribution in [0, 0.1) is 13.8 Å². The molecule has 5 heteroatoms. The molecule has 0 aliphatic rings. The Morgan fingerprint density at radius 2 is 1.62 bits per heavy atom. The van der Waals surface area contributed by atoms with E-state index in [1.54, 1.807) is 18.2 Å². The van der Waals surface area contributed by atoms with E-state index in [0.717, 1.165) is 16.9 Å². The maximum atomic E-state index is 12.2. The van der Waals surface area contributed by atoms with Crippen LogP contribution in [0.3, 0.4) is 0 Å². The zero-order valence-electron chi connectivity index (χ0n) is 15.9. The molecule has 2 aromatic carbocycles. The Bertz CT molecular complexity index is 743. The van der Waals surface area contributed by atoms with E-state index in [0.29, 0.717) is 37.0 Å². The lowest BCUT2D eigenvalue weighted by atomic mass is 10.1. The number of nitrogens with one attached hydrogen (secondary N) is 1. The van der Waals surface area contributed by atoms with Crippen molar-refractivity contribution in [2.75, 3.05) is 25.1 Å². The van der Waals surface area contributed by atoms with Crippen LogP contribution in [0.15, 0.2) is 36.4 Å². The van der Waals surface area contributed by atoms with E-state index in [2.05, 4.69) is 5.32 Å². The standard InChI is InChI=1S/C21H27NO4/c1-5-24-18-10-9-17(14-20(18)25-6-2)22-21(23)11-12-26-19-13-15(3)7-8-16(19)4/h7-10,13-14H,5-6,11-12H2,1-4H3,(H,22,23). The highest BCUT2D eigenvalue weighted by Gasteiger charge is 2.09. The Morgan fingerprint density at radius 3 is 2.35 bits per heavy atom. The van der Waals surface area contributed by atoms with Crippen LogP contribution in [-0.4, -0.2) is 25.7 Å². The van der Waals surface area contributed by atoms with Crippen LogP contribution >= 0.6 is 0 Å². The van der Waals surface area contributed by atoms with Gasteiger partial charge in [-0.15, -0.1) is 0 Å². The predicted molar refractivity (Wildman–Crippen MR) is 103 cm³/mol. The summed E-state index contributed by atoms with van der Waals surface area (Å²) in [6.45, 7) is 9.24. The molecule has 0 saturated heterocycles. The number of aryl methyl sites for hydroxylation is 2. The van der Waals surface area contributed by atoms with E-state index >= 15 is 0 Å². The van der Waals surface area contributed by atoms with Crippen molar-refractivity contribution in [3.63, 3.8) is 0 Å². The van der Waals surface area contributed by atoms with E-state index in [1.165, 1.54) is 0 Å². The predicted octanol–water partition coefficient (Wildman–Crippen LogP) is 4.51. The number of amides is 1. The third-order valence-corrected chi connectivity index (χ3v) is 3.76.